The molecule has 2 N–H and O–H groups in total. The van der Waals surface area contributed by atoms with E-state index < -0.39 is 0 Å². The Hall–Kier alpha value is -1.56. The quantitative estimate of drug-likeness (QED) is 0.464. The Kier molecular flexibility index (Phi) is 11.0. The Morgan fingerprint density at radius 1 is 1.12 bits per heavy atom. The molecular formula is C19H33N3O2S. The first-order chi connectivity index (χ1) is 12.1. The number of hydrogen-bond acceptors (Lipinski definition) is 4. The minimum absolute atomic E-state index is 0.523. The highest BCUT2D eigenvalue weighted by molar-refractivity contribution is 7.99. The first-order valence-electron chi connectivity index (χ1n) is 9.07. The fourth-order valence-corrected chi connectivity index (χ4v) is 2.44. The van der Waals surface area contributed by atoms with Gasteiger partial charge in [-0.1, -0.05) is 13.0 Å². The van der Waals surface area contributed by atoms with Crippen molar-refractivity contribution in [3.63, 3.8) is 0 Å². The van der Waals surface area contributed by atoms with Crippen LogP contribution < -0.4 is 20.1 Å². The van der Waals surface area contributed by atoms with Crippen LogP contribution in [0.5, 0.6) is 11.5 Å². The van der Waals surface area contributed by atoms with E-state index in [4.69, 9.17) is 9.47 Å². The second-order valence-corrected chi connectivity index (χ2v) is 6.87. The van der Waals surface area contributed by atoms with Crippen LogP contribution in [0.1, 0.15) is 33.3 Å². The van der Waals surface area contributed by atoms with E-state index in [1.807, 2.05) is 31.7 Å². The molecule has 1 atom stereocenters. The van der Waals surface area contributed by atoms with Crippen molar-refractivity contribution in [2.45, 2.75) is 39.4 Å². The van der Waals surface area contributed by atoms with Gasteiger partial charge < -0.3 is 20.1 Å². The maximum absolute atomic E-state index is 5.69. The minimum Gasteiger partial charge on any atom is -0.490 e. The van der Waals surface area contributed by atoms with Crippen molar-refractivity contribution in [2.24, 2.45) is 4.99 Å². The average molecular weight is 368 g/mol. The number of ether oxygens (including phenoxy) is 2. The van der Waals surface area contributed by atoms with Gasteiger partial charge in [0.25, 0.3) is 0 Å². The number of aliphatic imine (C=N–C) groups is 1. The molecule has 0 saturated heterocycles. The summed E-state index contributed by atoms with van der Waals surface area (Å²) in [4.78, 5) is 4.63. The highest BCUT2D eigenvalue weighted by Gasteiger charge is 2.07. The molecule has 0 aromatic heterocycles. The summed E-state index contributed by atoms with van der Waals surface area (Å²) in [5, 5.41) is 7.21. The van der Waals surface area contributed by atoms with Gasteiger partial charge in [-0.25, -0.2) is 0 Å². The van der Waals surface area contributed by atoms with Crippen LogP contribution in [-0.4, -0.2) is 50.3 Å². The number of nitrogens with zero attached hydrogens (tertiary/aromatic N) is 1. The highest BCUT2D eigenvalue weighted by Crippen LogP contribution is 2.28. The van der Waals surface area contributed by atoms with E-state index in [1.54, 1.807) is 0 Å². The number of guanidine groups is 1. The summed E-state index contributed by atoms with van der Waals surface area (Å²) >= 11 is 1.83. The van der Waals surface area contributed by atoms with Crippen LogP contribution >= 0.6 is 11.8 Å². The molecule has 142 valence electrons. The van der Waals surface area contributed by atoms with Gasteiger partial charge in [0, 0.05) is 18.3 Å². The normalized spacial score (nSPS) is 12.6. The Labute approximate surface area is 157 Å². The molecule has 0 heterocycles. The van der Waals surface area contributed by atoms with Gasteiger partial charge in [-0.05, 0) is 51.1 Å². The molecule has 1 aromatic carbocycles. The van der Waals surface area contributed by atoms with Crippen molar-refractivity contribution in [3.8, 4) is 11.5 Å². The molecule has 0 bridgehead atoms. The van der Waals surface area contributed by atoms with Crippen LogP contribution in [0, 0.1) is 0 Å². The smallest absolute Gasteiger partial charge is 0.191 e. The van der Waals surface area contributed by atoms with Crippen molar-refractivity contribution in [1.29, 1.82) is 0 Å². The fourth-order valence-electron chi connectivity index (χ4n) is 2.21. The summed E-state index contributed by atoms with van der Waals surface area (Å²) in [5.74, 6) is 2.50. The van der Waals surface area contributed by atoms with E-state index in [1.165, 1.54) is 5.56 Å². The predicted molar refractivity (Wildman–Crippen MR) is 109 cm³/mol. The van der Waals surface area contributed by atoms with Crippen LogP contribution in [0.15, 0.2) is 23.2 Å². The molecule has 0 aliphatic carbocycles. The molecule has 6 heteroatoms. The number of hydrogen-bond donors (Lipinski definition) is 2. The Morgan fingerprint density at radius 2 is 1.84 bits per heavy atom. The van der Waals surface area contributed by atoms with Crippen LogP contribution in [0.25, 0.3) is 0 Å². The standard InChI is InChI=1S/C19H33N3O2S/c1-6-20-19(22-14-15(4)25-5)21-12-11-16-9-10-17(23-7-2)18(13-16)24-8-3/h9-10,13,15H,6-8,11-12,14H2,1-5H3,(H2,20,21,22). The molecule has 0 spiro atoms. The van der Waals surface area contributed by atoms with Crippen molar-refractivity contribution < 1.29 is 9.47 Å². The molecule has 0 radical (unpaired) electrons. The summed E-state index contributed by atoms with van der Waals surface area (Å²) in [7, 11) is 0. The van der Waals surface area contributed by atoms with Gasteiger partial charge in [-0.3, -0.25) is 4.99 Å². The van der Waals surface area contributed by atoms with Gasteiger partial charge >= 0.3 is 0 Å². The van der Waals surface area contributed by atoms with Crippen molar-refractivity contribution in [3.05, 3.63) is 23.8 Å². The van der Waals surface area contributed by atoms with Crippen LogP contribution in [0.3, 0.4) is 0 Å². The lowest BCUT2D eigenvalue weighted by Gasteiger charge is -2.14. The number of benzene rings is 1. The third-order valence-corrected chi connectivity index (χ3v) is 4.52. The van der Waals surface area contributed by atoms with Crippen LogP contribution in [-0.2, 0) is 6.42 Å². The second kappa shape index (κ2) is 12.8. The third-order valence-electron chi connectivity index (χ3n) is 3.57. The molecule has 1 rings (SSSR count). The summed E-state index contributed by atoms with van der Waals surface area (Å²) in [6, 6.07) is 6.15. The van der Waals surface area contributed by atoms with Crippen molar-refractivity contribution in [2.75, 3.05) is 39.1 Å². The summed E-state index contributed by atoms with van der Waals surface area (Å²) < 4.78 is 11.3. The Morgan fingerprint density at radius 3 is 2.48 bits per heavy atom. The van der Waals surface area contributed by atoms with Gasteiger partial charge in [-0.15, -0.1) is 0 Å². The van der Waals surface area contributed by atoms with E-state index in [2.05, 4.69) is 47.9 Å². The molecule has 1 aromatic rings. The highest BCUT2D eigenvalue weighted by atomic mass is 32.2. The fraction of sp³-hybridized carbons (Fsp3) is 0.632. The summed E-state index contributed by atoms with van der Waals surface area (Å²) in [6.45, 7) is 12.0. The molecule has 0 amide bonds. The maximum Gasteiger partial charge on any atom is 0.191 e. The summed E-state index contributed by atoms with van der Waals surface area (Å²) in [5.41, 5.74) is 1.22. The molecule has 0 aliphatic rings. The zero-order valence-corrected chi connectivity index (χ0v) is 17.0. The van der Waals surface area contributed by atoms with Crippen molar-refractivity contribution in [1.82, 2.24) is 10.6 Å². The average Bonchev–Trinajstić information content (AvgIpc) is 2.61. The second-order valence-electron chi connectivity index (χ2n) is 5.59. The van der Waals surface area contributed by atoms with E-state index in [0.717, 1.165) is 43.5 Å². The molecule has 1 unspecified atom stereocenters. The molecule has 0 saturated carbocycles. The van der Waals surface area contributed by atoms with Gasteiger partial charge in [-0.2, -0.15) is 11.8 Å². The van der Waals surface area contributed by atoms with E-state index in [0.29, 0.717) is 18.5 Å². The molecular weight excluding hydrogens is 334 g/mol. The van der Waals surface area contributed by atoms with Crippen LogP contribution in [0.2, 0.25) is 0 Å². The lowest BCUT2D eigenvalue weighted by molar-refractivity contribution is 0.287. The molecule has 0 aliphatic heterocycles. The SMILES string of the molecule is CCNC(=NCC(C)SC)NCCc1ccc(OCC)c(OCC)c1. The third kappa shape index (κ3) is 8.38. The Balaban J connectivity index is 2.61. The topological polar surface area (TPSA) is 54.9 Å². The summed E-state index contributed by atoms with van der Waals surface area (Å²) in [6.07, 6.45) is 3.01. The maximum atomic E-state index is 5.69. The lowest BCUT2D eigenvalue weighted by Crippen LogP contribution is -2.38. The first-order valence-corrected chi connectivity index (χ1v) is 10.4. The first kappa shape index (κ1) is 21.5. The monoisotopic (exact) mass is 367 g/mol. The van der Waals surface area contributed by atoms with E-state index in [-0.39, 0.29) is 0 Å². The number of rotatable bonds is 11. The molecule has 0 fully saturated rings. The lowest BCUT2D eigenvalue weighted by atomic mass is 10.1. The molecule has 25 heavy (non-hydrogen) atoms. The van der Waals surface area contributed by atoms with Crippen molar-refractivity contribution >= 4 is 17.7 Å². The molecule has 5 nitrogen and oxygen atoms in total. The van der Waals surface area contributed by atoms with Gasteiger partial charge in [0.2, 0.25) is 0 Å². The van der Waals surface area contributed by atoms with Gasteiger partial charge in [0.05, 0.1) is 19.8 Å². The minimum atomic E-state index is 0.523. The number of nitrogens with one attached hydrogen (secondary N) is 2. The van der Waals surface area contributed by atoms with Gasteiger partial charge in [0.1, 0.15) is 0 Å². The predicted octanol–water partition coefficient (Wildman–Crippen LogP) is 3.33. The zero-order valence-electron chi connectivity index (χ0n) is 16.2. The zero-order chi connectivity index (χ0) is 18.5. The largest absolute Gasteiger partial charge is 0.490 e. The van der Waals surface area contributed by atoms with E-state index in [9.17, 15) is 0 Å². The van der Waals surface area contributed by atoms with Crippen LogP contribution in [0.4, 0.5) is 0 Å². The van der Waals surface area contributed by atoms with E-state index >= 15 is 0 Å². The Bertz CT molecular complexity index is 523. The number of thioether (sulfide) groups is 1. The van der Waals surface area contributed by atoms with Gasteiger partial charge in [0.15, 0.2) is 17.5 Å².